The Hall–Kier alpha value is -1.55. The van der Waals surface area contributed by atoms with E-state index in [1.165, 1.54) is 16.7 Å². The van der Waals surface area contributed by atoms with Gasteiger partial charge in [-0.05, 0) is 48.5 Å². The quantitative estimate of drug-likeness (QED) is 0.487. The molecule has 1 atom stereocenters. The number of fused-ring (bicyclic) bond motifs is 1. The number of azide groups is 1. The van der Waals surface area contributed by atoms with Gasteiger partial charge in [-0.3, -0.25) is 4.90 Å². The largest absolute Gasteiger partial charge is 0.304 e. The van der Waals surface area contributed by atoms with Crippen LogP contribution < -0.4 is 0 Å². The van der Waals surface area contributed by atoms with E-state index < -0.39 is 0 Å². The zero-order valence-corrected chi connectivity index (χ0v) is 12.7. The maximum Gasteiger partial charge on any atom is 0.0628 e. The molecule has 1 unspecified atom stereocenters. The highest BCUT2D eigenvalue weighted by Gasteiger charge is 2.20. The smallest absolute Gasteiger partial charge is 0.0628 e. The van der Waals surface area contributed by atoms with Crippen molar-refractivity contribution in [2.24, 2.45) is 5.11 Å². The summed E-state index contributed by atoms with van der Waals surface area (Å²) < 4.78 is 0. The molecule has 1 aromatic rings. The van der Waals surface area contributed by atoms with Gasteiger partial charge in [-0.1, -0.05) is 23.3 Å². The first-order valence-electron chi connectivity index (χ1n) is 7.83. The van der Waals surface area contributed by atoms with Gasteiger partial charge < -0.3 is 4.90 Å². The van der Waals surface area contributed by atoms with Crippen LogP contribution in [0.25, 0.3) is 10.4 Å². The number of rotatable bonds is 3. The van der Waals surface area contributed by atoms with Crippen LogP contribution in [0.1, 0.15) is 35.6 Å². The van der Waals surface area contributed by atoms with Crippen molar-refractivity contribution in [3.8, 4) is 0 Å². The maximum atomic E-state index is 8.68. The average Bonchev–Trinajstić information content (AvgIpc) is 2.50. The highest BCUT2D eigenvalue weighted by atomic mass is 15.2. The van der Waals surface area contributed by atoms with Crippen molar-refractivity contribution in [1.29, 1.82) is 0 Å². The normalized spacial score (nSPS) is 23.4. The first kappa shape index (κ1) is 14.4. The molecule has 0 amide bonds. The summed E-state index contributed by atoms with van der Waals surface area (Å²) >= 11 is 0. The lowest BCUT2D eigenvalue weighted by atomic mass is 9.87. The monoisotopic (exact) mass is 285 g/mol. The van der Waals surface area contributed by atoms with Gasteiger partial charge in [-0.25, -0.2) is 0 Å². The van der Waals surface area contributed by atoms with Gasteiger partial charge in [0, 0.05) is 37.6 Å². The summed E-state index contributed by atoms with van der Waals surface area (Å²) in [6.45, 7) is 5.64. The van der Waals surface area contributed by atoms with Crippen LogP contribution in [0.5, 0.6) is 0 Å². The number of hydrogen-bond acceptors (Lipinski definition) is 3. The Balaban J connectivity index is 1.72. The Bertz CT molecular complexity index is 542. The van der Waals surface area contributed by atoms with Crippen molar-refractivity contribution >= 4 is 0 Å². The minimum Gasteiger partial charge on any atom is -0.304 e. The van der Waals surface area contributed by atoms with Crippen molar-refractivity contribution in [1.82, 2.24) is 9.80 Å². The molecule has 5 nitrogen and oxygen atoms in total. The lowest BCUT2D eigenvalue weighted by Crippen LogP contribution is -2.43. The molecule has 1 saturated heterocycles. The molecule has 0 saturated carbocycles. The topological polar surface area (TPSA) is 55.2 Å². The Morgan fingerprint density at radius 3 is 2.86 bits per heavy atom. The van der Waals surface area contributed by atoms with E-state index in [1.807, 2.05) is 0 Å². The molecule has 21 heavy (non-hydrogen) atoms. The number of aryl methyl sites for hydroxylation is 1. The molecule has 112 valence electrons. The highest BCUT2D eigenvalue weighted by molar-refractivity contribution is 5.36. The fraction of sp³-hybridized carbons (Fsp3) is 0.625. The Kier molecular flexibility index (Phi) is 4.44. The number of likely N-dealkylation sites (N-methyl/N-ethyl adjacent to an activating group) is 1. The molecule has 0 aromatic heterocycles. The summed E-state index contributed by atoms with van der Waals surface area (Å²) in [6.07, 6.45) is 3.22. The van der Waals surface area contributed by atoms with E-state index in [9.17, 15) is 0 Å². The van der Waals surface area contributed by atoms with Crippen LogP contribution >= 0.6 is 0 Å². The molecule has 1 aliphatic heterocycles. The third-order valence-electron chi connectivity index (χ3n) is 4.68. The molecule has 0 bridgehead atoms. The van der Waals surface area contributed by atoms with Gasteiger partial charge in [-0.15, -0.1) is 0 Å². The van der Waals surface area contributed by atoms with Crippen molar-refractivity contribution in [2.45, 2.75) is 31.8 Å². The fourth-order valence-electron chi connectivity index (χ4n) is 3.39. The Labute approximate surface area is 126 Å². The van der Waals surface area contributed by atoms with E-state index in [-0.39, 0.29) is 6.04 Å². The second kappa shape index (κ2) is 6.48. The molecule has 1 heterocycles. The zero-order valence-electron chi connectivity index (χ0n) is 12.7. The Morgan fingerprint density at radius 1 is 1.29 bits per heavy atom. The molecule has 1 fully saturated rings. The van der Waals surface area contributed by atoms with Crippen LogP contribution in [0.3, 0.4) is 0 Å². The molecule has 5 heteroatoms. The van der Waals surface area contributed by atoms with Gasteiger partial charge in [0.25, 0.3) is 0 Å². The number of piperazine rings is 1. The molecule has 3 rings (SSSR count). The van der Waals surface area contributed by atoms with Gasteiger partial charge in [-0.2, -0.15) is 0 Å². The highest BCUT2D eigenvalue weighted by Crippen LogP contribution is 2.33. The molecule has 1 aliphatic carbocycles. The van der Waals surface area contributed by atoms with Crippen molar-refractivity contribution < 1.29 is 0 Å². The van der Waals surface area contributed by atoms with Gasteiger partial charge >= 0.3 is 0 Å². The van der Waals surface area contributed by atoms with Crippen molar-refractivity contribution in [3.05, 3.63) is 45.3 Å². The molecule has 2 aliphatic rings. The number of nitrogens with zero attached hydrogens (tertiary/aromatic N) is 5. The standard InChI is InChI=1S/C16H23N5/c1-20-7-9-21(10-8-20)12-13-5-6-15-14(11-13)3-2-4-16(15)18-19-17/h5-6,11,16H,2-4,7-10,12H2,1H3. The molecule has 0 radical (unpaired) electrons. The van der Waals surface area contributed by atoms with Crippen LogP contribution in [-0.2, 0) is 13.0 Å². The van der Waals surface area contributed by atoms with Crippen LogP contribution in [-0.4, -0.2) is 43.0 Å². The first-order valence-corrected chi connectivity index (χ1v) is 7.83. The third kappa shape index (κ3) is 3.38. The van der Waals surface area contributed by atoms with Crippen LogP contribution in [0.4, 0.5) is 0 Å². The summed E-state index contributed by atoms with van der Waals surface area (Å²) in [4.78, 5) is 7.90. The number of benzene rings is 1. The van der Waals surface area contributed by atoms with Gasteiger partial charge in [0.05, 0.1) is 6.04 Å². The summed E-state index contributed by atoms with van der Waals surface area (Å²) in [6, 6.07) is 6.75. The van der Waals surface area contributed by atoms with E-state index in [1.54, 1.807) is 0 Å². The lowest BCUT2D eigenvalue weighted by molar-refractivity contribution is 0.148. The van der Waals surface area contributed by atoms with E-state index in [0.717, 1.165) is 52.0 Å². The predicted octanol–water partition coefficient (Wildman–Crippen LogP) is 3.12. The zero-order chi connectivity index (χ0) is 14.7. The van der Waals surface area contributed by atoms with E-state index in [2.05, 4.69) is 45.1 Å². The van der Waals surface area contributed by atoms with Crippen LogP contribution in [0.2, 0.25) is 0 Å². The molecular weight excluding hydrogens is 262 g/mol. The van der Waals surface area contributed by atoms with Crippen molar-refractivity contribution in [2.75, 3.05) is 33.2 Å². The minimum atomic E-state index is 0.0384. The average molecular weight is 285 g/mol. The Morgan fingerprint density at radius 2 is 2.10 bits per heavy atom. The lowest BCUT2D eigenvalue weighted by Gasteiger charge is -2.32. The SMILES string of the molecule is CN1CCN(Cc2ccc3c(c2)CCCC3N=[N+]=[N-])CC1. The summed E-state index contributed by atoms with van der Waals surface area (Å²) in [5.41, 5.74) is 12.7. The summed E-state index contributed by atoms with van der Waals surface area (Å²) in [5.74, 6) is 0. The van der Waals surface area contributed by atoms with Gasteiger partial charge in [0.15, 0.2) is 0 Å². The molecule has 0 spiro atoms. The molecule has 0 N–H and O–H groups in total. The fourth-order valence-corrected chi connectivity index (χ4v) is 3.39. The van der Waals surface area contributed by atoms with E-state index in [4.69, 9.17) is 5.53 Å². The summed E-state index contributed by atoms with van der Waals surface area (Å²) in [5, 5.41) is 3.94. The predicted molar refractivity (Wildman–Crippen MR) is 84.0 cm³/mol. The van der Waals surface area contributed by atoms with Gasteiger partial charge in [0.2, 0.25) is 0 Å². The maximum absolute atomic E-state index is 8.68. The van der Waals surface area contributed by atoms with E-state index >= 15 is 0 Å². The molecular formula is C16H23N5. The summed E-state index contributed by atoms with van der Waals surface area (Å²) in [7, 11) is 2.19. The van der Waals surface area contributed by atoms with Crippen LogP contribution in [0, 0.1) is 0 Å². The first-order chi connectivity index (χ1) is 10.3. The second-order valence-corrected chi connectivity index (χ2v) is 6.23. The van der Waals surface area contributed by atoms with Gasteiger partial charge in [0.1, 0.15) is 0 Å². The second-order valence-electron chi connectivity index (χ2n) is 6.23. The number of hydrogen-bond donors (Lipinski definition) is 0. The third-order valence-corrected chi connectivity index (χ3v) is 4.68. The van der Waals surface area contributed by atoms with Crippen LogP contribution in [0.15, 0.2) is 23.3 Å². The minimum absolute atomic E-state index is 0.0384. The van der Waals surface area contributed by atoms with E-state index in [0.29, 0.717) is 0 Å². The molecule has 1 aromatic carbocycles. The van der Waals surface area contributed by atoms with Crippen molar-refractivity contribution in [3.63, 3.8) is 0 Å².